The first kappa shape index (κ1) is 18.9. The molecule has 29 heavy (non-hydrogen) atoms. The maximum atomic E-state index is 13.9. The van der Waals surface area contributed by atoms with E-state index in [1.807, 2.05) is 37.2 Å². The highest BCUT2D eigenvalue weighted by molar-refractivity contribution is 5.98. The fourth-order valence-corrected chi connectivity index (χ4v) is 3.35. The summed E-state index contributed by atoms with van der Waals surface area (Å²) in [4.78, 5) is 22.5. The van der Waals surface area contributed by atoms with E-state index in [-0.39, 0.29) is 6.42 Å². The molecule has 0 amide bonds. The standard InChI is InChI=1S/C21H19F2N5O/c1-28(2)11-12-5-3-8-16-19(12)26-21(25-16)20-13(10-24-27-20)9-17(29)18-14(22)6-4-7-15(18)23/h3-8,10H,9,11H2,1-2H3,(H,24,27)(H,25,26). The second-order valence-electron chi connectivity index (χ2n) is 7.10. The van der Waals surface area contributed by atoms with Crippen LogP contribution in [-0.2, 0) is 13.0 Å². The molecule has 4 aromatic rings. The summed E-state index contributed by atoms with van der Waals surface area (Å²) in [7, 11) is 3.96. The zero-order chi connectivity index (χ0) is 20.5. The number of nitrogens with one attached hydrogen (secondary N) is 2. The van der Waals surface area contributed by atoms with Gasteiger partial charge in [0.2, 0.25) is 0 Å². The van der Waals surface area contributed by atoms with Crippen LogP contribution in [-0.4, -0.2) is 44.9 Å². The number of hydrogen-bond acceptors (Lipinski definition) is 4. The van der Waals surface area contributed by atoms with E-state index >= 15 is 0 Å². The molecule has 2 aromatic carbocycles. The number of halogens is 2. The summed E-state index contributed by atoms with van der Waals surface area (Å²) >= 11 is 0. The average Bonchev–Trinajstić information content (AvgIpc) is 3.28. The number of carbonyl (C=O) groups is 1. The van der Waals surface area contributed by atoms with Crippen LogP contribution in [0.3, 0.4) is 0 Å². The van der Waals surface area contributed by atoms with Crippen molar-refractivity contribution >= 4 is 16.8 Å². The van der Waals surface area contributed by atoms with E-state index in [0.717, 1.165) is 35.3 Å². The molecule has 0 radical (unpaired) electrons. The van der Waals surface area contributed by atoms with Crippen molar-refractivity contribution in [3.63, 3.8) is 0 Å². The predicted molar refractivity (Wildman–Crippen MR) is 105 cm³/mol. The Labute approximate surface area is 165 Å². The Balaban J connectivity index is 1.69. The zero-order valence-electron chi connectivity index (χ0n) is 16.0. The van der Waals surface area contributed by atoms with Gasteiger partial charge in [-0.1, -0.05) is 18.2 Å². The fraction of sp³-hybridized carbons (Fsp3) is 0.190. The summed E-state index contributed by atoms with van der Waals surface area (Å²) in [5.74, 6) is -1.90. The van der Waals surface area contributed by atoms with Crippen LogP contribution >= 0.6 is 0 Å². The van der Waals surface area contributed by atoms with Crippen LogP contribution in [0, 0.1) is 11.6 Å². The molecule has 2 aromatic heterocycles. The summed E-state index contributed by atoms with van der Waals surface area (Å²) in [5.41, 5.74) is 3.21. The Morgan fingerprint density at radius 2 is 1.79 bits per heavy atom. The molecule has 6 nitrogen and oxygen atoms in total. The van der Waals surface area contributed by atoms with Gasteiger partial charge in [0.1, 0.15) is 17.3 Å². The first-order chi connectivity index (χ1) is 13.9. The van der Waals surface area contributed by atoms with Crippen LogP contribution in [0.1, 0.15) is 21.5 Å². The minimum Gasteiger partial charge on any atom is -0.337 e. The lowest BCUT2D eigenvalue weighted by molar-refractivity contribution is 0.0985. The molecular weight excluding hydrogens is 376 g/mol. The minimum absolute atomic E-state index is 0.203. The van der Waals surface area contributed by atoms with Gasteiger partial charge in [0.25, 0.3) is 0 Å². The number of rotatable bonds is 6. The third kappa shape index (κ3) is 3.66. The van der Waals surface area contributed by atoms with Gasteiger partial charge in [-0.15, -0.1) is 0 Å². The van der Waals surface area contributed by atoms with Crippen LogP contribution in [0.5, 0.6) is 0 Å². The van der Waals surface area contributed by atoms with Crippen molar-refractivity contribution in [2.24, 2.45) is 0 Å². The third-order valence-electron chi connectivity index (χ3n) is 4.63. The monoisotopic (exact) mass is 395 g/mol. The second-order valence-corrected chi connectivity index (χ2v) is 7.10. The number of ketones is 1. The minimum atomic E-state index is -0.878. The fourth-order valence-electron chi connectivity index (χ4n) is 3.35. The largest absolute Gasteiger partial charge is 0.337 e. The number of aromatic nitrogens is 4. The van der Waals surface area contributed by atoms with Crippen LogP contribution in [0.4, 0.5) is 8.78 Å². The average molecular weight is 395 g/mol. The van der Waals surface area contributed by atoms with Gasteiger partial charge >= 0.3 is 0 Å². The van der Waals surface area contributed by atoms with E-state index in [2.05, 4.69) is 20.2 Å². The number of para-hydroxylation sites is 1. The Kier molecular flexibility index (Phi) is 4.94. The highest BCUT2D eigenvalue weighted by Gasteiger charge is 2.21. The van der Waals surface area contributed by atoms with Crippen molar-refractivity contribution in [2.75, 3.05) is 14.1 Å². The molecule has 0 aliphatic rings. The van der Waals surface area contributed by atoms with Crippen LogP contribution in [0.25, 0.3) is 22.6 Å². The molecule has 2 heterocycles. The van der Waals surface area contributed by atoms with Crippen LogP contribution < -0.4 is 0 Å². The third-order valence-corrected chi connectivity index (χ3v) is 4.63. The Morgan fingerprint density at radius 3 is 2.52 bits per heavy atom. The number of Topliss-reactive ketones (excluding diaryl/α,β-unsaturated/α-hetero) is 1. The molecule has 2 N–H and O–H groups in total. The van der Waals surface area contributed by atoms with Gasteiger partial charge < -0.3 is 9.88 Å². The van der Waals surface area contributed by atoms with E-state index < -0.39 is 23.0 Å². The van der Waals surface area contributed by atoms with E-state index in [4.69, 9.17) is 0 Å². The van der Waals surface area contributed by atoms with E-state index in [9.17, 15) is 13.6 Å². The Bertz CT molecular complexity index is 1170. The Morgan fingerprint density at radius 1 is 1.07 bits per heavy atom. The topological polar surface area (TPSA) is 77.7 Å². The number of aromatic amines is 2. The molecule has 0 bridgehead atoms. The van der Waals surface area contributed by atoms with E-state index in [0.29, 0.717) is 17.1 Å². The van der Waals surface area contributed by atoms with Gasteiger partial charge in [0, 0.05) is 18.5 Å². The molecule has 0 saturated heterocycles. The van der Waals surface area contributed by atoms with Crippen LogP contribution in [0.2, 0.25) is 0 Å². The zero-order valence-corrected chi connectivity index (χ0v) is 16.0. The molecular formula is C21H19F2N5O. The summed E-state index contributed by atoms with van der Waals surface area (Å²) < 4.78 is 27.9. The molecule has 0 fully saturated rings. The number of hydrogen-bond donors (Lipinski definition) is 2. The molecule has 0 atom stereocenters. The molecule has 0 aliphatic carbocycles. The van der Waals surface area contributed by atoms with E-state index in [1.54, 1.807) is 0 Å². The smallest absolute Gasteiger partial charge is 0.173 e. The summed E-state index contributed by atoms with van der Waals surface area (Å²) in [5, 5.41) is 6.83. The molecule has 0 spiro atoms. The lowest BCUT2D eigenvalue weighted by Gasteiger charge is -2.09. The number of benzene rings is 2. The molecule has 8 heteroatoms. The van der Waals surface area contributed by atoms with E-state index in [1.165, 1.54) is 12.3 Å². The van der Waals surface area contributed by atoms with Gasteiger partial charge in [0.15, 0.2) is 11.6 Å². The molecule has 0 saturated carbocycles. The molecule has 0 unspecified atom stereocenters. The van der Waals surface area contributed by atoms with Crippen molar-refractivity contribution in [1.82, 2.24) is 25.1 Å². The van der Waals surface area contributed by atoms with Crippen molar-refractivity contribution in [3.8, 4) is 11.5 Å². The van der Waals surface area contributed by atoms with Crippen molar-refractivity contribution < 1.29 is 13.6 Å². The van der Waals surface area contributed by atoms with Gasteiger partial charge in [-0.2, -0.15) is 5.10 Å². The van der Waals surface area contributed by atoms with Crippen molar-refractivity contribution in [2.45, 2.75) is 13.0 Å². The quantitative estimate of drug-likeness (QED) is 0.488. The number of imidazole rings is 1. The second kappa shape index (κ2) is 7.56. The number of H-pyrrole nitrogens is 2. The highest BCUT2D eigenvalue weighted by Crippen LogP contribution is 2.26. The van der Waals surface area contributed by atoms with Crippen molar-refractivity contribution in [1.29, 1.82) is 0 Å². The van der Waals surface area contributed by atoms with Gasteiger partial charge in [-0.3, -0.25) is 9.89 Å². The number of carbonyl (C=O) groups excluding carboxylic acids is 1. The SMILES string of the molecule is CN(C)Cc1cccc2[nH]c(-c3[nH]ncc3CC(=O)c3c(F)cccc3F)nc12. The van der Waals surface area contributed by atoms with Crippen molar-refractivity contribution in [3.05, 3.63) is 70.9 Å². The number of nitrogens with zero attached hydrogens (tertiary/aromatic N) is 3. The van der Waals surface area contributed by atoms with Gasteiger partial charge in [0.05, 0.1) is 22.8 Å². The first-order valence-corrected chi connectivity index (χ1v) is 9.06. The van der Waals surface area contributed by atoms with Gasteiger partial charge in [-0.05, 0) is 37.9 Å². The summed E-state index contributed by atoms with van der Waals surface area (Å²) in [6.45, 7) is 0.725. The summed E-state index contributed by atoms with van der Waals surface area (Å²) in [6.07, 6.45) is 1.27. The highest BCUT2D eigenvalue weighted by atomic mass is 19.1. The lowest BCUT2D eigenvalue weighted by atomic mass is 10.0. The molecule has 0 aliphatic heterocycles. The first-order valence-electron chi connectivity index (χ1n) is 9.06. The lowest BCUT2D eigenvalue weighted by Crippen LogP contribution is -2.10. The Hall–Kier alpha value is -3.39. The predicted octanol–water partition coefficient (Wildman–Crippen LogP) is 3.72. The normalized spacial score (nSPS) is 11.5. The molecule has 4 rings (SSSR count). The maximum Gasteiger partial charge on any atom is 0.173 e. The summed E-state index contributed by atoms with van der Waals surface area (Å²) in [6, 6.07) is 9.23. The van der Waals surface area contributed by atoms with Gasteiger partial charge in [-0.25, -0.2) is 13.8 Å². The number of fused-ring (bicyclic) bond motifs is 1. The molecule has 148 valence electrons. The maximum absolute atomic E-state index is 13.9. The van der Waals surface area contributed by atoms with Crippen LogP contribution in [0.15, 0.2) is 42.6 Å².